The normalized spacial score (nSPS) is 46.2. The molecule has 0 aromatic heterocycles. The van der Waals surface area contributed by atoms with Gasteiger partial charge < -0.3 is 9.47 Å². The van der Waals surface area contributed by atoms with Crippen molar-refractivity contribution in [2.75, 3.05) is 13.2 Å². The van der Waals surface area contributed by atoms with E-state index in [4.69, 9.17) is 9.47 Å². The van der Waals surface area contributed by atoms with Crippen LogP contribution in [0.15, 0.2) is 0 Å². The van der Waals surface area contributed by atoms with Gasteiger partial charge in [0, 0.05) is 11.8 Å². The quantitative estimate of drug-likeness (QED) is 0.612. The smallest absolute Gasteiger partial charge is 0.174 e. The fraction of sp³-hybridized carbons (Fsp3) is 1.00. The van der Waals surface area contributed by atoms with E-state index in [-0.39, 0.29) is 5.79 Å². The van der Waals surface area contributed by atoms with Crippen LogP contribution in [0.5, 0.6) is 0 Å². The van der Waals surface area contributed by atoms with Gasteiger partial charge in [0.15, 0.2) is 5.79 Å². The van der Waals surface area contributed by atoms with Crippen molar-refractivity contribution in [2.24, 2.45) is 16.7 Å². The molecule has 0 N–H and O–H groups in total. The van der Waals surface area contributed by atoms with E-state index in [0.29, 0.717) is 10.8 Å². The van der Waals surface area contributed by atoms with E-state index >= 15 is 0 Å². The molecule has 1 aliphatic heterocycles. The zero-order valence-electron chi connectivity index (χ0n) is 10.1. The summed E-state index contributed by atoms with van der Waals surface area (Å²) in [6.07, 6.45) is 4.97. The number of hydrogen-bond acceptors (Lipinski definition) is 2. The van der Waals surface area contributed by atoms with Crippen LogP contribution < -0.4 is 0 Å². The Morgan fingerprint density at radius 2 is 1.60 bits per heavy atom. The molecule has 2 nitrogen and oxygen atoms in total. The van der Waals surface area contributed by atoms with Crippen LogP contribution in [0.25, 0.3) is 0 Å². The standard InChI is InChI=1S/C13H22O2/c1-11(2)4-5-13(14-6-7-15-13)12(3)9-10(12)8-11/h10H,4-9H2,1-3H3/t10-,12+/m0/s1. The maximum Gasteiger partial charge on any atom is 0.174 e. The van der Waals surface area contributed by atoms with Gasteiger partial charge in [0.1, 0.15) is 0 Å². The predicted molar refractivity (Wildman–Crippen MR) is 58.5 cm³/mol. The van der Waals surface area contributed by atoms with E-state index in [9.17, 15) is 0 Å². The van der Waals surface area contributed by atoms with Gasteiger partial charge in [0.05, 0.1) is 13.2 Å². The van der Waals surface area contributed by atoms with Gasteiger partial charge in [-0.2, -0.15) is 0 Å². The molecule has 1 heterocycles. The van der Waals surface area contributed by atoms with Crippen molar-refractivity contribution in [1.82, 2.24) is 0 Å². The molecule has 0 bridgehead atoms. The molecular formula is C13H22O2. The Bertz CT molecular complexity index is 278. The predicted octanol–water partition coefficient (Wildman–Crippen LogP) is 2.97. The molecule has 2 heteroatoms. The second-order valence-electron chi connectivity index (χ2n) is 6.64. The first-order chi connectivity index (χ1) is 6.98. The molecule has 3 aliphatic rings. The molecule has 0 unspecified atom stereocenters. The highest BCUT2D eigenvalue weighted by Gasteiger charge is 2.68. The highest BCUT2D eigenvalue weighted by Crippen LogP contribution is 2.68. The lowest BCUT2D eigenvalue weighted by Gasteiger charge is -2.34. The molecule has 0 radical (unpaired) electrons. The lowest BCUT2D eigenvalue weighted by Crippen LogP contribution is -2.40. The second-order valence-corrected chi connectivity index (χ2v) is 6.64. The van der Waals surface area contributed by atoms with Gasteiger partial charge in [-0.25, -0.2) is 0 Å². The summed E-state index contributed by atoms with van der Waals surface area (Å²) in [7, 11) is 0. The van der Waals surface area contributed by atoms with Crippen LogP contribution in [0.1, 0.15) is 46.5 Å². The van der Waals surface area contributed by atoms with E-state index in [2.05, 4.69) is 20.8 Å². The molecule has 2 aliphatic carbocycles. The zero-order valence-corrected chi connectivity index (χ0v) is 10.1. The monoisotopic (exact) mass is 210 g/mol. The lowest BCUT2D eigenvalue weighted by molar-refractivity contribution is -0.209. The molecule has 2 saturated carbocycles. The van der Waals surface area contributed by atoms with E-state index in [0.717, 1.165) is 25.6 Å². The van der Waals surface area contributed by atoms with Gasteiger partial charge in [0.25, 0.3) is 0 Å². The van der Waals surface area contributed by atoms with Gasteiger partial charge >= 0.3 is 0 Å². The molecule has 0 aromatic carbocycles. The van der Waals surface area contributed by atoms with Crippen LogP contribution in [0.4, 0.5) is 0 Å². The third-order valence-electron chi connectivity index (χ3n) is 4.97. The molecule has 0 amide bonds. The minimum Gasteiger partial charge on any atom is -0.347 e. The van der Waals surface area contributed by atoms with Crippen molar-refractivity contribution in [1.29, 1.82) is 0 Å². The summed E-state index contributed by atoms with van der Waals surface area (Å²) in [5.74, 6) is 0.610. The van der Waals surface area contributed by atoms with E-state index < -0.39 is 0 Å². The van der Waals surface area contributed by atoms with Crippen molar-refractivity contribution in [3.63, 3.8) is 0 Å². The Balaban J connectivity index is 1.90. The number of fused-ring (bicyclic) bond motifs is 2. The van der Waals surface area contributed by atoms with E-state index in [1.165, 1.54) is 19.3 Å². The Morgan fingerprint density at radius 3 is 2.27 bits per heavy atom. The van der Waals surface area contributed by atoms with Crippen LogP contribution >= 0.6 is 0 Å². The lowest BCUT2D eigenvalue weighted by atomic mass is 9.83. The molecule has 1 spiro atoms. The maximum atomic E-state index is 5.99. The molecule has 86 valence electrons. The molecule has 15 heavy (non-hydrogen) atoms. The third kappa shape index (κ3) is 1.31. The van der Waals surface area contributed by atoms with Crippen molar-refractivity contribution in [3.8, 4) is 0 Å². The van der Waals surface area contributed by atoms with Crippen LogP contribution in [-0.2, 0) is 9.47 Å². The minimum atomic E-state index is -0.217. The molecule has 3 fully saturated rings. The van der Waals surface area contributed by atoms with Crippen molar-refractivity contribution >= 4 is 0 Å². The summed E-state index contributed by atoms with van der Waals surface area (Å²) in [4.78, 5) is 0. The summed E-state index contributed by atoms with van der Waals surface area (Å²) in [6, 6.07) is 0. The van der Waals surface area contributed by atoms with Gasteiger partial charge in [-0.05, 0) is 30.6 Å². The fourth-order valence-electron chi connectivity index (χ4n) is 3.70. The summed E-state index contributed by atoms with van der Waals surface area (Å²) in [5.41, 5.74) is 0.790. The summed E-state index contributed by atoms with van der Waals surface area (Å²) >= 11 is 0. The first kappa shape index (κ1) is 10.1. The average Bonchev–Trinajstić information content (AvgIpc) is 2.68. The van der Waals surface area contributed by atoms with Crippen molar-refractivity contribution < 1.29 is 9.47 Å². The first-order valence-electron chi connectivity index (χ1n) is 6.25. The maximum absolute atomic E-state index is 5.99. The van der Waals surface area contributed by atoms with Crippen LogP contribution in [0.2, 0.25) is 0 Å². The SMILES string of the molecule is CC1(C)CCC2(OCCO2)[C@]2(C)C[C@@H]2C1. The highest BCUT2D eigenvalue weighted by atomic mass is 16.7. The fourth-order valence-corrected chi connectivity index (χ4v) is 3.70. The van der Waals surface area contributed by atoms with Gasteiger partial charge in [-0.1, -0.05) is 20.8 Å². The Labute approximate surface area is 92.3 Å². The topological polar surface area (TPSA) is 18.5 Å². The van der Waals surface area contributed by atoms with Crippen LogP contribution in [0, 0.1) is 16.7 Å². The summed E-state index contributed by atoms with van der Waals surface area (Å²) in [6.45, 7) is 8.73. The molecule has 0 aromatic rings. The Morgan fingerprint density at radius 1 is 0.933 bits per heavy atom. The number of rotatable bonds is 0. The van der Waals surface area contributed by atoms with Gasteiger partial charge in [0.2, 0.25) is 0 Å². The molecular weight excluding hydrogens is 188 g/mol. The zero-order chi connectivity index (χ0) is 10.7. The van der Waals surface area contributed by atoms with Crippen molar-refractivity contribution in [3.05, 3.63) is 0 Å². The largest absolute Gasteiger partial charge is 0.347 e. The molecule has 1 saturated heterocycles. The Hall–Kier alpha value is -0.0800. The Kier molecular flexibility index (Phi) is 1.87. The summed E-state index contributed by atoms with van der Waals surface area (Å²) in [5, 5.41) is 0. The third-order valence-corrected chi connectivity index (χ3v) is 4.97. The van der Waals surface area contributed by atoms with Gasteiger partial charge in [-0.15, -0.1) is 0 Å². The highest BCUT2D eigenvalue weighted by molar-refractivity contribution is 5.12. The van der Waals surface area contributed by atoms with Gasteiger partial charge in [-0.3, -0.25) is 0 Å². The average molecular weight is 210 g/mol. The first-order valence-corrected chi connectivity index (χ1v) is 6.25. The van der Waals surface area contributed by atoms with Crippen LogP contribution in [-0.4, -0.2) is 19.0 Å². The van der Waals surface area contributed by atoms with E-state index in [1.54, 1.807) is 0 Å². The van der Waals surface area contributed by atoms with Crippen molar-refractivity contribution in [2.45, 2.75) is 52.2 Å². The number of ether oxygens (including phenoxy) is 2. The minimum absolute atomic E-state index is 0.217. The summed E-state index contributed by atoms with van der Waals surface area (Å²) < 4.78 is 12.0. The molecule has 3 rings (SSSR count). The second kappa shape index (κ2) is 2.78. The van der Waals surface area contributed by atoms with Crippen LogP contribution in [0.3, 0.4) is 0 Å². The number of hydrogen-bond donors (Lipinski definition) is 0. The van der Waals surface area contributed by atoms with E-state index in [1.807, 2.05) is 0 Å². The molecule has 2 atom stereocenters.